The zero-order chi connectivity index (χ0) is 9.40. The van der Waals surface area contributed by atoms with Crippen LogP contribution in [-0.2, 0) is 4.79 Å². The van der Waals surface area contributed by atoms with E-state index in [1.807, 2.05) is 6.92 Å². The second kappa shape index (κ2) is 6.41. The second-order valence-corrected chi connectivity index (χ2v) is 2.25. The maximum atomic E-state index is 10.5. The first-order valence-corrected chi connectivity index (χ1v) is 3.68. The molecule has 0 bridgehead atoms. The van der Waals surface area contributed by atoms with Crippen molar-refractivity contribution in [3.05, 3.63) is 0 Å². The van der Waals surface area contributed by atoms with Gasteiger partial charge in [-0.15, -0.1) is 0 Å². The van der Waals surface area contributed by atoms with E-state index in [4.69, 9.17) is 10.9 Å². The maximum absolute atomic E-state index is 10.5. The maximum Gasteiger partial charge on any atom is 0.322 e. The van der Waals surface area contributed by atoms with Gasteiger partial charge in [-0.3, -0.25) is 4.79 Å². The quantitative estimate of drug-likeness (QED) is 0.183. The van der Waals surface area contributed by atoms with Crippen LogP contribution in [0.1, 0.15) is 19.8 Å². The number of nitrogens with zero attached hydrogens (tertiary/aromatic N) is 1. The molecular weight excluding hydrogens is 160 g/mol. The Labute approximate surface area is 70.8 Å². The highest BCUT2D eigenvalue weighted by Gasteiger charge is 2.14. The number of nitrogens with one attached hydrogen (secondary N) is 2. The van der Waals surface area contributed by atoms with Gasteiger partial charge in [0.25, 0.3) is 0 Å². The Hall–Kier alpha value is -1.30. The summed E-state index contributed by atoms with van der Waals surface area (Å²) in [5, 5.41) is 11.8. The lowest BCUT2D eigenvalue weighted by molar-refractivity contribution is -0.139. The Bertz CT molecular complexity index is 160. The molecule has 0 spiro atoms. The Morgan fingerprint density at radius 3 is 2.92 bits per heavy atom. The van der Waals surface area contributed by atoms with Crippen molar-refractivity contribution in [1.29, 1.82) is 0 Å². The largest absolute Gasteiger partial charge is 0.480 e. The Kier molecular flexibility index (Phi) is 5.72. The molecule has 1 atom stereocenters. The van der Waals surface area contributed by atoms with Crippen molar-refractivity contribution in [3.63, 3.8) is 0 Å². The third-order valence-corrected chi connectivity index (χ3v) is 1.27. The van der Waals surface area contributed by atoms with Gasteiger partial charge < -0.3 is 16.4 Å². The molecule has 0 aliphatic heterocycles. The van der Waals surface area contributed by atoms with E-state index < -0.39 is 12.0 Å². The van der Waals surface area contributed by atoms with Crippen molar-refractivity contribution >= 4 is 12.3 Å². The molecular formula is C6H14N4O2. The number of carboxylic acids is 1. The van der Waals surface area contributed by atoms with Crippen molar-refractivity contribution in [2.24, 2.45) is 10.9 Å². The number of aliphatic carboxylic acids is 1. The van der Waals surface area contributed by atoms with Gasteiger partial charge >= 0.3 is 5.97 Å². The van der Waals surface area contributed by atoms with Crippen LogP contribution in [0.5, 0.6) is 0 Å². The number of rotatable bonds is 6. The van der Waals surface area contributed by atoms with Crippen LogP contribution in [0.2, 0.25) is 0 Å². The molecule has 0 saturated heterocycles. The van der Waals surface area contributed by atoms with Crippen LogP contribution >= 0.6 is 0 Å². The number of hydrogen-bond acceptors (Lipinski definition) is 4. The summed E-state index contributed by atoms with van der Waals surface area (Å²) in [6.07, 6.45) is 2.54. The monoisotopic (exact) mass is 174 g/mol. The topological polar surface area (TPSA) is 99.7 Å². The molecule has 0 aromatic rings. The van der Waals surface area contributed by atoms with Crippen molar-refractivity contribution in [1.82, 2.24) is 10.9 Å². The van der Waals surface area contributed by atoms with Gasteiger partial charge in [-0.25, -0.2) is 5.43 Å². The smallest absolute Gasteiger partial charge is 0.322 e. The van der Waals surface area contributed by atoms with E-state index in [0.717, 1.165) is 6.42 Å². The van der Waals surface area contributed by atoms with Crippen molar-refractivity contribution in [3.8, 4) is 0 Å². The minimum absolute atomic E-state index is 0.556. The number of hydrazone groups is 1. The zero-order valence-corrected chi connectivity index (χ0v) is 6.95. The number of nitrogens with two attached hydrogens (primary N) is 1. The molecule has 0 heterocycles. The molecule has 0 aliphatic rings. The van der Waals surface area contributed by atoms with Crippen molar-refractivity contribution in [2.45, 2.75) is 25.8 Å². The molecule has 0 aromatic heterocycles. The molecule has 0 aliphatic carbocycles. The normalized spacial score (nSPS) is 13.1. The summed E-state index contributed by atoms with van der Waals surface area (Å²) >= 11 is 0. The van der Waals surface area contributed by atoms with E-state index in [1.165, 1.54) is 6.34 Å². The van der Waals surface area contributed by atoms with Gasteiger partial charge in [0.1, 0.15) is 12.4 Å². The lowest BCUT2D eigenvalue weighted by Crippen LogP contribution is -2.44. The van der Waals surface area contributed by atoms with E-state index in [0.29, 0.717) is 6.42 Å². The molecule has 12 heavy (non-hydrogen) atoms. The van der Waals surface area contributed by atoms with Crippen molar-refractivity contribution in [2.75, 3.05) is 0 Å². The molecule has 6 nitrogen and oxygen atoms in total. The first-order chi connectivity index (χ1) is 5.72. The minimum Gasteiger partial charge on any atom is -0.480 e. The van der Waals surface area contributed by atoms with E-state index in [-0.39, 0.29) is 0 Å². The molecule has 5 N–H and O–H groups in total. The number of carbonyl (C=O) groups is 1. The van der Waals surface area contributed by atoms with Crippen LogP contribution in [0.15, 0.2) is 5.10 Å². The number of carboxylic acid groups (broad SMARTS) is 1. The molecule has 0 fully saturated rings. The van der Waals surface area contributed by atoms with Gasteiger partial charge in [0.05, 0.1) is 0 Å². The minimum atomic E-state index is -0.894. The molecule has 70 valence electrons. The van der Waals surface area contributed by atoms with Gasteiger partial charge in [-0.1, -0.05) is 13.3 Å². The molecule has 0 unspecified atom stereocenters. The SMILES string of the molecule is CCC[C@H](NNC=NN)C(=O)O. The van der Waals surface area contributed by atoms with Crippen LogP contribution in [0, 0.1) is 0 Å². The summed E-state index contributed by atoms with van der Waals surface area (Å²) in [7, 11) is 0. The van der Waals surface area contributed by atoms with Crippen LogP contribution in [-0.4, -0.2) is 23.5 Å². The average molecular weight is 174 g/mol. The fourth-order valence-corrected chi connectivity index (χ4v) is 0.721. The summed E-state index contributed by atoms with van der Waals surface area (Å²) in [5.41, 5.74) is 5.00. The third-order valence-electron chi connectivity index (χ3n) is 1.27. The summed E-state index contributed by atoms with van der Waals surface area (Å²) in [6.45, 7) is 1.91. The lowest BCUT2D eigenvalue weighted by atomic mass is 10.2. The van der Waals surface area contributed by atoms with Gasteiger partial charge in [0.15, 0.2) is 0 Å². The first-order valence-electron chi connectivity index (χ1n) is 3.68. The standard InChI is InChI=1S/C6H14N4O2/c1-2-3-5(6(11)12)10-9-4-8-7/h4-5,10H,2-3,7H2,1H3,(H,8,9)(H,11,12)/t5-/m0/s1. The Morgan fingerprint density at radius 2 is 2.50 bits per heavy atom. The van der Waals surface area contributed by atoms with Crippen molar-refractivity contribution < 1.29 is 9.90 Å². The number of hydrazine groups is 1. The van der Waals surface area contributed by atoms with Crippen LogP contribution in [0.4, 0.5) is 0 Å². The van der Waals surface area contributed by atoms with Crippen LogP contribution in [0.3, 0.4) is 0 Å². The Morgan fingerprint density at radius 1 is 1.83 bits per heavy atom. The summed E-state index contributed by atoms with van der Waals surface area (Å²) in [5.74, 6) is 3.89. The van der Waals surface area contributed by atoms with Gasteiger partial charge in [0.2, 0.25) is 0 Å². The summed E-state index contributed by atoms with van der Waals surface area (Å²) in [4.78, 5) is 10.5. The van der Waals surface area contributed by atoms with E-state index >= 15 is 0 Å². The van der Waals surface area contributed by atoms with E-state index in [9.17, 15) is 4.79 Å². The summed E-state index contributed by atoms with van der Waals surface area (Å²) < 4.78 is 0. The third kappa shape index (κ3) is 4.51. The number of hydrogen-bond donors (Lipinski definition) is 4. The van der Waals surface area contributed by atoms with E-state index in [1.54, 1.807) is 0 Å². The molecule has 0 radical (unpaired) electrons. The second-order valence-electron chi connectivity index (χ2n) is 2.25. The first kappa shape index (κ1) is 10.7. The molecule has 0 rings (SSSR count). The highest BCUT2D eigenvalue weighted by atomic mass is 16.4. The average Bonchev–Trinajstić information content (AvgIpc) is 2.03. The fraction of sp³-hybridized carbons (Fsp3) is 0.667. The highest BCUT2D eigenvalue weighted by molar-refractivity contribution is 5.73. The van der Waals surface area contributed by atoms with Crippen LogP contribution < -0.4 is 16.7 Å². The van der Waals surface area contributed by atoms with E-state index in [2.05, 4.69) is 16.0 Å². The van der Waals surface area contributed by atoms with Crippen LogP contribution in [0.25, 0.3) is 0 Å². The van der Waals surface area contributed by atoms with Gasteiger partial charge in [-0.05, 0) is 6.42 Å². The molecule has 0 amide bonds. The molecule has 0 saturated carbocycles. The zero-order valence-electron chi connectivity index (χ0n) is 6.95. The Balaban J connectivity index is 3.71. The fourth-order valence-electron chi connectivity index (χ4n) is 0.721. The predicted octanol–water partition coefficient (Wildman–Crippen LogP) is -0.764. The lowest BCUT2D eigenvalue weighted by Gasteiger charge is -2.11. The molecule has 6 heteroatoms. The molecule has 0 aromatic carbocycles. The van der Waals surface area contributed by atoms with Gasteiger partial charge in [-0.2, -0.15) is 5.10 Å². The predicted molar refractivity (Wildman–Crippen MR) is 45.3 cm³/mol. The highest BCUT2D eigenvalue weighted by Crippen LogP contribution is 1.94. The van der Waals surface area contributed by atoms with Gasteiger partial charge in [0, 0.05) is 0 Å². The summed E-state index contributed by atoms with van der Waals surface area (Å²) in [6, 6.07) is -0.604.